The second kappa shape index (κ2) is 5.51. The normalized spacial score (nSPS) is 11.4. The number of rotatable bonds is 3. The average molecular weight is 293 g/mol. The molecule has 0 radical (unpaired) electrons. The zero-order valence-electron chi connectivity index (χ0n) is 12.0. The van der Waals surface area contributed by atoms with E-state index in [0.29, 0.717) is 5.52 Å². The lowest BCUT2D eigenvalue weighted by Gasteiger charge is -2.19. The number of ether oxygens (including phenoxy) is 1. The summed E-state index contributed by atoms with van der Waals surface area (Å²) in [6, 6.07) is 2.46. The van der Waals surface area contributed by atoms with Crippen molar-refractivity contribution in [1.82, 2.24) is 9.97 Å². The molecular formula is C14H16FN3O3. The first kappa shape index (κ1) is 15.0. The van der Waals surface area contributed by atoms with Crippen LogP contribution in [0.2, 0.25) is 0 Å². The molecule has 0 atom stereocenters. The van der Waals surface area contributed by atoms with Crippen LogP contribution in [-0.2, 0) is 9.53 Å². The number of nitrogens with one attached hydrogen (secondary N) is 2. The summed E-state index contributed by atoms with van der Waals surface area (Å²) in [5, 5.41) is 2.80. The number of halogens is 1. The van der Waals surface area contributed by atoms with Crippen LogP contribution in [0.15, 0.2) is 23.3 Å². The van der Waals surface area contributed by atoms with Gasteiger partial charge < -0.3 is 15.0 Å². The first-order valence-corrected chi connectivity index (χ1v) is 6.39. The standard InChI is InChI=1S/C14H16FN3O3/c1-14(2,3)21-12(19)6-16-11-5-10-8(4-9(11)15)13(20)18-7-17-10/h4-5,7,16H,6H2,1-3H3,(H,17,18,20). The zero-order valence-corrected chi connectivity index (χ0v) is 12.0. The molecule has 1 aromatic heterocycles. The lowest BCUT2D eigenvalue weighted by molar-refractivity contribution is -0.152. The fourth-order valence-corrected chi connectivity index (χ4v) is 1.77. The van der Waals surface area contributed by atoms with Crippen LogP contribution in [0, 0.1) is 5.82 Å². The molecule has 0 saturated heterocycles. The van der Waals surface area contributed by atoms with Gasteiger partial charge in [-0.1, -0.05) is 0 Å². The third-order valence-electron chi connectivity index (χ3n) is 2.57. The number of aromatic amines is 1. The van der Waals surface area contributed by atoms with Crippen LogP contribution in [0.4, 0.5) is 10.1 Å². The Hall–Kier alpha value is -2.44. The molecule has 2 N–H and O–H groups in total. The van der Waals surface area contributed by atoms with Crippen molar-refractivity contribution in [1.29, 1.82) is 0 Å². The minimum absolute atomic E-state index is 0.0893. The highest BCUT2D eigenvalue weighted by Gasteiger charge is 2.16. The molecule has 0 spiro atoms. The van der Waals surface area contributed by atoms with Crippen molar-refractivity contribution in [2.24, 2.45) is 0 Å². The Morgan fingerprint density at radius 1 is 1.43 bits per heavy atom. The van der Waals surface area contributed by atoms with Gasteiger partial charge in [-0.15, -0.1) is 0 Å². The third kappa shape index (κ3) is 3.77. The molecule has 112 valence electrons. The topological polar surface area (TPSA) is 84.1 Å². The van der Waals surface area contributed by atoms with E-state index in [4.69, 9.17) is 4.74 Å². The molecule has 1 heterocycles. The number of aromatic nitrogens is 2. The largest absolute Gasteiger partial charge is 0.459 e. The fourth-order valence-electron chi connectivity index (χ4n) is 1.77. The molecule has 0 aliphatic rings. The van der Waals surface area contributed by atoms with E-state index in [9.17, 15) is 14.0 Å². The SMILES string of the molecule is CC(C)(C)OC(=O)CNc1cc2nc[nH]c(=O)c2cc1F. The molecule has 7 heteroatoms. The first-order chi connectivity index (χ1) is 9.76. The van der Waals surface area contributed by atoms with Crippen molar-refractivity contribution < 1.29 is 13.9 Å². The Kier molecular flexibility index (Phi) is 3.93. The van der Waals surface area contributed by atoms with E-state index in [0.717, 1.165) is 6.07 Å². The molecule has 0 bridgehead atoms. The van der Waals surface area contributed by atoms with Crippen LogP contribution in [0.5, 0.6) is 0 Å². The van der Waals surface area contributed by atoms with Gasteiger partial charge in [-0.3, -0.25) is 9.59 Å². The summed E-state index contributed by atoms with van der Waals surface area (Å²) in [6.07, 6.45) is 1.24. The maximum absolute atomic E-state index is 13.9. The molecule has 0 fully saturated rings. The van der Waals surface area contributed by atoms with Gasteiger partial charge in [0.25, 0.3) is 5.56 Å². The quantitative estimate of drug-likeness (QED) is 0.843. The Morgan fingerprint density at radius 2 is 2.14 bits per heavy atom. The molecule has 0 unspecified atom stereocenters. The predicted molar refractivity (Wildman–Crippen MR) is 76.7 cm³/mol. The summed E-state index contributed by atoms with van der Waals surface area (Å²) in [7, 11) is 0. The smallest absolute Gasteiger partial charge is 0.325 e. The summed E-state index contributed by atoms with van der Waals surface area (Å²) in [6.45, 7) is 5.07. The number of hydrogen-bond donors (Lipinski definition) is 2. The number of fused-ring (bicyclic) bond motifs is 1. The Balaban J connectivity index is 2.18. The number of anilines is 1. The number of H-pyrrole nitrogens is 1. The Bertz CT molecular complexity index is 734. The summed E-state index contributed by atoms with van der Waals surface area (Å²) in [5.41, 5.74) is -0.592. The van der Waals surface area contributed by atoms with Gasteiger partial charge >= 0.3 is 5.97 Å². The van der Waals surface area contributed by atoms with E-state index in [1.165, 1.54) is 12.4 Å². The lowest BCUT2D eigenvalue weighted by Crippen LogP contribution is -2.28. The number of hydrogen-bond acceptors (Lipinski definition) is 5. The van der Waals surface area contributed by atoms with Crippen LogP contribution < -0.4 is 10.9 Å². The van der Waals surface area contributed by atoms with E-state index in [1.807, 2.05) is 0 Å². The van der Waals surface area contributed by atoms with Crippen molar-refractivity contribution in [3.05, 3.63) is 34.6 Å². The van der Waals surface area contributed by atoms with Gasteiger partial charge in [0.05, 0.1) is 22.9 Å². The number of carbonyl (C=O) groups excluding carboxylic acids is 1. The summed E-state index contributed by atoms with van der Waals surface area (Å²) >= 11 is 0. The second-order valence-electron chi connectivity index (χ2n) is 5.52. The van der Waals surface area contributed by atoms with Gasteiger partial charge in [-0.05, 0) is 32.9 Å². The van der Waals surface area contributed by atoms with E-state index >= 15 is 0 Å². The number of nitrogens with zero attached hydrogens (tertiary/aromatic N) is 1. The van der Waals surface area contributed by atoms with Gasteiger partial charge in [0.2, 0.25) is 0 Å². The first-order valence-electron chi connectivity index (χ1n) is 6.39. The highest BCUT2D eigenvalue weighted by atomic mass is 19.1. The molecule has 2 rings (SSSR count). The summed E-state index contributed by atoms with van der Waals surface area (Å²) < 4.78 is 19.0. The Labute approximate surface area is 120 Å². The van der Waals surface area contributed by atoms with Gasteiger partial charge in [0, 0.05) is 0 Å². The van der Waals surface area contributed by atoms with Crippen molar-refractivity contribution in [3.8, 4) is 0 Å². The van der Waals surface area contributed by atoms with E-state index in [-0.39, 0.29) is 17.6 Å². The van der Waals surface area contributed by atoms with Crippen molar-refractivity contribution in [2.45, 2.75) is 26.4 Å². The maximum atomic E-state index is 13.9. The van der Waals surface area contributed by atoms with Crippen molar-refractivity contribution in [3.63, 3.8) is 0 Å². The van der Waals surface area contributed by atoms with Crippen LogP contribution in [0.25, 0.3) is 10.9 Å². The number of esters is 1. The second-order valence-corrected chi connectivity index (χ2v) is 5.52. The highest BCUT2D eigenvalue weighted by Crippen LogP contribution is 2.19. The minimum atomic E-state index is -0.635. The van der Waals surface area contributed by atoms with Crippen LogP contribution >= 0.6 is 0 Å². The molecule has 6 nitrogen and oxygen atoms in total. The van der Waals surface area contributed by atoms with Crippen LogP contribution in [0.1, 0.15) is 20.8 Å². The molecule has 0 amide bonds. The number of benzene rings is 1. The zero-order chi connectivity index (χ0) is 15.6. The Morgan fingerprint density at radius 3 is 2.81 bits per heavy atom. The van der Waals surface area contributed by atoms with Gasteiger partial charge in [-0.25, -0.2) is 9.37 Å². The average Bonchev–Trinajstić information content (AvgIpc) is 2.35. The monoisotopic (exact) mass is 293 g/mol. The van der Waals surface area contributed by atoms with Gasteiger partial charge in [-0.2, -0.15) is 0 Å². The van der Waals surface area contributed by atoms with Crippen molar-refractivity contribution in [2.75, 3.05) is 11.9 Å². The minimum Gasteiger partial charge on any atom is -0.459 e. The van der Waals surface area contributed by atoms with E-state index in [1.54, 1.807) is 20.8 Å². The molecule has 0 aliphatic heterocycles. The van der Waals surface area contributed by atoms with E-state index < -0.39 is 22.9 Å². The third-order valence-corrected chi connectivity index (χ3v) is 2.57. The molecule has 2 aromatic rings. The maximum Gasteiger partial charge on any atom is 0.325 e. The van der Waals surface area contributed by atoms with Crippen LogP contribution in [0.3, 0.4) is 0 Å². The predicted octanol–water partition coefficient (Wildman–Crippen LogP) is 1.82. The molecule has 0 saturated carbocycles. The summed E-state index contributed by atoms with van der Waals surface area (Å²) in [4.78, 5) is 29.4. The van der Waals surface area contributed by atoms with Gasteiger partial charge in [0.15, 0.2) is 0 Å². The van der Waals surface area contributed by atoms with Crippen molar-refractivity contribution >= 4 is 22.6 Å². The number of carbonyl (C=O) groups is 1. The van der Waals surface area contributed by atoms with Crippen LogP contribution in [-0.4, -0.2) is 28.1 Å². The lowest BCUT2D eigenvalue weighted by atomic mass is 10.2. The molecule has 1 aromatic carbocycles. The molecule has 21 heavy (non-hydrogen) atoms. The molecular weight excluding hydrogens is 277 g/mol. The molecule has 0 aliphatic carbocycles. The summed E-state index contributed by atoms with van der Waals surface area (Å²) in [5.74, 6) is -1.13. The fraction of sp³-hybridized carbons (Fsp3) is 0.357. The highest BCUT2D eigenvalue weighted by molar-refractivity contribution is 5.83. The van der Waals surface area contributed by atoms with Gasteiger partial charge in [0.1, 0.15) is 18.0 Å². The van der Waals surface area contributed by atoms with E-state index in [2.05, 4.69) is 15.3 Å².